The third kappa shape index (κ3) is 4.11. The second-order valence-electron chi connectivity index (χ2n) is 5.91. The van der Waals surface area contributed by atoms with Crippen LogP contribution in [0, 0.1) is 0 Å². The Hall–Kier alpha value is -1.80. The predicted molar refractivity (Wildman–Crippen MR) is 91.4 cm³/mol. The lowest BCUT2D eigenvalue weighted by molar-refractivity contribution is 0.194. The van der Waals surface area contributed by atoms with Gasteiger partial charge in [0.25, 0.3) is 0 Å². The predicted octanol–water partition coefficient (Wildman–Crippen LogP) is 4.87. The van der Waals surface area contributed by atoms with E-state index in [4.69, 9.17) is 4.74 Å². The van der Waals surface area contributed by atoms with Gasteiger partial charge in [-0.3, -0.25) is 0 Å². The molecule has 1 aliphatic rings. The minimum atomic E-state index is -0.467. The fraction of sp³-hybridized carbons (Fsp3) is 0.400. The molecule has 0 aliphatic heterocycles. The lowest BCUT2D eigenvalue weighted by Crippen LogP contribution is -2.05. The molecular weight excluding hydrogens is 272 g/mol. The Labute approximate surface area is 133 Å². The van der Waals surface area contributed by atoms with Crippen LogP contribution in [-0.4, -0.2) is 12.2 Å². The van der Waals surface area contributed by atoms with Crippen molar-refractivity contribution < 1.29 is 9.84 Å². The van der Waals surface area contributed by atoms with E-state index >= 15 is 0 Å². The molecule has 2 unspecified atom stereocenters. The highest BCUT2D eigenvalue weighted by Crippen LogP contribution is 2.30. The molecule has 1 aliphatic carbocycles. The summed E-state index contributed by atoms with van der Waals surface area (Å²) >= 11 is 0. The lowest BCUT2D eigenvalue weighted by atomic mass is 9.84. The first kappa shape index (κ1) is 16.6. The Kier molecular flexibility index (Phi) is 6.02. The number of rotatable bonds is 2. The molecule has 0 fully saturated rings. The van der Waals surface area contributed by atoms with Crippen molar-refractivity contribution >= 4 is 0 Å². The van der Waals surface area contributed by atoms with Gasteiger partial charge in [-0.2, -0.15) is 0 Å². The van der Waals surface area contributed by atoms with E-state index in [2.05, 4.69) is 31.2 Å². The van der Waals surface area contributed by atoms with Crippen LogP contribution in [0.2, 0.25) is 0 Å². The summed E-state index contributed by atoms with van der Waals surface area (Å²) in [7, 11) is 1.60. The quantitative estimate of drug-likeness (QED) is 0.856. The van der Waals surface area contributed by atoms with Crippen molar-refractivity contribution in [2.45, 2.75) is 45.1 Å². The topological polar surface area (TPSA) is 29.5 Å². The summed E-state index contributed by atoms with van der Waals surface area (Å²) in [6.07, 6.45) is 3.57. The molecule has 3 rings (SSSR count). The Bertz CT molecular complexity index is 558. The Morgan fingerprint density at radius 1 is 1.09 bits per heavy atom. The molecule has 2 atom stereocenters. The van der Waals surface area contributed by atoms with E-state index in [9.17, 15) is 5.11 Å². The number of aryl methyl sites for hydroxylation is 1. The molecule has 1 N–H and O–H groups in total. The average molecular weight is 298 g/mol. The number of hydrogen-bond donors (Lipinski definition) is 1. The normalized spacial score (nSPS) is 17.7. The second-order valence-corrected chi connectivity index (χ2v) is 5.91. The minimum absolute atomic E-state index is 0.467. The van der Waals surface area contributed by atoms with E-state index < -0.39 is 6.10 Å². The summed E-state index contributed by atoms with van der Waals surface area (Å²) in [6.45, 7) is 4.05. The van der Waals surface area contributed by atoms with Crippen molar-refractivity contribution in [1.29, 1.82) is 0 Å². The van der Waals surface area contributed by atoms with Crippen molar-refractivity contribution in [3.8, 4) is 5.75 Å². The second kappa shape index (κ2) is 8.00. The van der Waals surface area contributed by atoms with Crippen LogP contribution in [0.3, 0.4) is 0 Å². The Morgan fingerprint density at radius 3 is 2.41 bits per heavy atom. The summed E-state index contributed by atoms with van der Waals surface area (Å²) in [5, 5.41) is 9.26. The maximum atomic E-state index is 9.26. The van der Waals surface area contributed by atoms with Gasteiger partial charge in [-0.1, -0.05) is 49.4 Å². The SMILES string of the molecule is CC1CCCc2ccccc21.COc1ccccc1C(C)O. The highest BCUT2D eigenvalue weighted by atomic mass is 16.5. The van der Waals surface area contributed by atoms with Gasteiger partial charge in [0.2, 0.25) is 0 Å². The van der Waals surface area contributed by atoms with Crippen LogP contribution >= 0.6 is 0 Å². The zero-order valence-corrected chi connectivity index (χ0v) is 13.8. The van der Waals surface area contributed by atoms with Crippen LogP contribution in [0.1, 0.15) is 55.4 Å². The molecule has 0 amide bonds. The minimum Gasteiger partial charge on any atom is -0.496 e. The van der Waals surface area contributed by atoms with Gasteiger partial charge in [0.15, 0.2) is 0 Å². The third-order valence-electron chi connectivity index (χ3n) is 4.26. The monoisotopic (exact) mass is 298 g/mol. The van der Waals surface area contributed by atoms with Gasteiger partial charge in [0.1, 0.15) is 5.75 Å². The van der Waals surface area contributed by atoms with Crippen LogP contribution in [0.15, 0.2) is 48.5 Å². The standard InChI is InChI=1S/C11H14.C9H12O2/c1-9-5-4-7-10-6-2-3-8-11(9)10;1-7(10)8-5-3-4-6-9(8)11-2/h2-3,6,8-9H,4-5,7H2,1H3;3-7,10H,1-2H3. The maximum absolute atomic E-state index is 9.26. The number of aliphatic hydroxyl groups excluding tert-OH is 1. The molecule has 0 aromatic heterocycles. The van der Waals surface area contributed by atoms with E-state index in [1.165, 1.54) is 19.3 Å². The molecule has 2 nitrogen and oxygen atoms in total. The van der Waals surface area contributed by atoms with Gasteiger partial charge >= 0.3 is 0 Å². The van der Waals surface area contributed by atoms with Crippen molar-refractivity contribution in [3.05, 3.63) is 65.2 Å². The number of ether oxygens (including phenoxy) is 1. The molecule has 0 radical (unpaired) electrons. The molecule has 0 bridgehead atoms. The number of fused-ring (bicyclic) bond motifs is 1. The van der Waals surface area contributed by atoms with Gasteiger partial charge in [-0.05, 0) is 49.3 Å². The smallest absolute Gasteiger partial charge is 0.124 e. The largest absolute Gasteiger partial charge is 0.496 e. The fourth-order valence-corrected chi connectivity index (χ4v) is 3.01. The van der Waals surface area contributed by atoms with E-state index in [-0.39, 0.29) is 0 Å². The zero-order valence-electron chi connectivity index (χ0n) is 13.8. The van der Waals surface area contributed by atoms with E-state index in [1.807, 2.05) is 24.3 Å². The molecule has 2 heteroatoms. The summed E-state index contributed by atoms with van der Waals surface area (Å²) in [5.74, 6) is 1.53. The van der Waals surface area contributed by atoms with Crippen LogP contribution in [0.5, 0.6) is 5.75 Å². The highest BCUT2D eigenvalue weighted by molar-refractivity contribution is 5.34. The number of benzene rings is 2. The molecule has 2 aromatic rings. The molecule has 2 aromatic carbocycles. The van der Waals surface area contributed by atoms with Gasteiger partial charge in [0, 0.05) is 5.56 Å². The molecule has 0 saturated carbocycles. The van der Waals surface area contributed by atoms with Crippen molar-refractivity contribution in [3.63, 3.8) is 0 Å². The third-order valence-corrected chi connectivity index (χ3v) is 4.26. The molecule has 0 spiro atoms. The summed E-state index contributed by atoms with van der Waals surface area (Å²) < 4.78 is 5.05. The fourth-order valence-electron chi connectivity index (χ4n) is 3.01. The van der Waals surface area contributed by atoms with Gasteiger partial charge in [-0.15, -0.1) is 0 Å². The van der Waals surface area contributed by atoms with Crippen LogP contribution in [-0.2, 0) is 6.42 Å². The summed E-state index contributed by atoms with van der Waals surface area (Å²) in [4.78, 5) is 0. The first-order chi connectivity index (χ1) is 10.6. The Balaban J connectivity index is 0.000000160. The lowest BCUT2D eigenvalue weighted by Gasteiger charge is -2.21. The zero-order chi connectivity index (χ0) is 15.9. The highest BCUT2D eigenvalue weighted by Gasteiger charge is 2.14. The van der Waals surface area contributed by atoms with Crippen molar-refractivity contribution in [2.24, 2.45) is 0 Å². The molecular formula is C20H26O2. The van der Waals surface area contributed by atoms with Crippen LogP contribution in [0.25, 0.3) is 0 Å². The number of methoxy groups -OCH3 is 1. The van der Waals surface area contributed by atoms with E-state index in [0.29, 0.717) is 0 Å². The number of aliphatic hydroxyl groups is 1. The maximum Gasteiger partial charge on any atom is 0.124 e. The van der Waals surface area contributed by atoms with Gasteiger partial charge in [0.05, 0.1) is 13.2 Å². The molecule has 0 saturated heterocycles. The first-order valence-corrected chi connectivity index (χ1v) is 8.02. The van der Waals surface area contributed by atoms with E-state index in [0.717, 1.165) is 17.2 Å². The Morgan fingerprint density at radius 2 is 1.77 bits per heavy atom. The average Bonchev–Trinajstić information content (AvgIpc) is 2.56. The summed E-state index contributed by atoms with van der Waals surface area (Å²) in [6, 6.07) is 16.3. The van der Waals surface area contributed by atoms with Crippen LogP contribution < -0.4 is 4.74 Å². The summed E-state index contributed by atoms with van der Waals surface area (Å²) in [5.41, 5.74) is 3.99. The van der Waals surface area contributed by atoms with Crippen LogP contribution in [0.4, 0.5) is 0 Å². The van der Waals surface area contributed by atoms with Crippen molar-refractivity contribution in [2.75, 3.05) is 7.11 Å². The molecule has 118 valence electrons. The van der Waals surface area contributed by atoms with Gasteiger partial charge in [-0.25, -0.2) is 0 Å². The van der Waals surface area contributed by atoms with Gasteiger partial charge < -0.3 is 9.84 Å². The number of para-hydroxylation sites is 1. The van der Waals surface area contributed by atoms with E-state index in [1.54, 1.807) is 25.2 Å². The van der Waals surface area contributed by atoms with Crippen molar-refractivity contribution in [1.82, 2.24) is 0 Å². The first-order valence-electron chi connectivity index (χ1n) is 8.02. The number of hydrogen-bond acceptors (Lipinski definition) is 2. The molecule has 22 heavy (non-hydrogen) atoms. The molecule has 0 heterocycles.